The van der Waals surface area contributed by atoms with E-state index in [0.717, 1.165) is 25.8 Å². The highest BCUT2D eigenvalue weighted by molar-refractivity contribution is 5.76. The topological polar surface area (TPSA) is 55.8 Å². The normalized spacial score (nSPS) is 40.9. The number of fused-ring (bicyclic) bond motifs is 2. The van der Waals surface area contributed by atoms with Gasteiger partial charge in [-0.1, -0.05) is 31.9 Å². The molecule has 0 aromatic heterocycles. The fraction of sp³-hybridized carbons (Fsp3) is 0.826. The lowest BCUT2D eigenvalue weighted by atomic mass is 9.59. The molecule has 1 saturated carbocycles. The SMILES string of the molecule is CCOC(=O)C1CCCN(CC2C(=O)O[C@@H]3C[C@@]4(C)CCC[C@H](C)C4=C[C@H]23)C1. The molecule has 5 heteroatoms. The van der Waals surface area contributed by atoms with Gasteiger partial charge in [0.1, 0.15) is 6.10 Å². The van der Waals surface area contributed by atoms with Crippen molar-refractivity contribution in [1.82, 2.24) is 4.90 Å². The van der Waals surface area contributed by atoms with E-state index in [1.807, 2.05) is 6.92 Å². The van der Waals surface area contributed by atoms with E-state index in [0.29, 0.717) is 25.6 Å². The van der Waals surface area contributed by atoms with Crippen molar-refractivity contribution < 1.29 is 19.1 Å². The molecule has 0 aromatic carbocycles. The maximum Gasteiger partial charge on any atom is 0.311 e. The van der Waals surface area contributed by atoms with E-state index in [-0.39, 0.29) is 41.2 Å². The van der Waals surface area contributed by atoms with Crippen LogP contribution in [0, 0.1) is 29.1 Å². The van der Waals surface area contributed by atoms with Gasteiger partial charge < -0.3 is 14.4 Å². The zero-order valence-corrected chi connectivity index (χ0v) is 17.6. The summed E-state index contributed by atoms with van der Waals surface area (Å²) in [5.41, 5.74) is 1.76. The second-order valence-electron chi connectivity index (χ2n) is 9.69. The maximum absolute atomic E-state index is 12.8. The smallest absolute Gasteiger partial charge is 0.311 e. The Labute approximate surface area is 168 Å². The summed E-state index contributed by atoms with van der Waals surface area (Å²) < 4.78 is 11.1. The van der Waals surface area contributed by atoms with Gasteiger partial charge in [-0.05, 0) is 56.9 Å². The Morgan fingerprint density at radius 2 is 2.18 bits per heavy atom. The first kappa shape index (κ1) is 19.9. The third-order valence-corrected chi connectivity index (χ3v) is 7.66. The van der Waals surface area contributed by atoms with Crippen molar-refractivity contribution in [2.24, 2.45) is 29.1 Å². The standard InChI is InChI=1S/C23H35NO4/c1-4-27-21(25)16-8-6-10-24(13-16)14-18-17-11-19-15(2)7-5-9-23(19,3)12-20(17)28-22(18)26/h11,15-18,20H,4-10,12-14H2,1-3H3/t15-,16?,17+,18?,20+,23+/m0/s1. The van der Waals surface area contributed by atoms with Gasteiger partial charge in [0.2, 0.25) is 0 Å². The molecule has 5 nitrogen and oxygen atoms in total. The molecule has 2 heterocycles. The van der Waals surface area contributed by atoms with Gasteiger partial charge in [0.25, 0.3) is 0 Å². The van der Waals surface area contributed by atoms with Crippen LogP contribution >= 0.6 is 0 Å². The Balaban J connectivity index is 1.48. The van der Waals surface area contributed by atoms with E-state index in [1.165, 1.54) is 19.3 Å². The van der Waals surface area contributed by atoms with Crippen LogP contribution in [0.5, 0.6) is 0 Å². The van der Waals surface area contributed by atoms with E-state index in [2.05, 4.69) is 24.8 Å². The molecule has 2 unspecified atom stereocenters. The zero-order chi connectivity index (χ0) is 19.9. The van der Waals surface area contributed by atoms with Crippen molar-refractivity contribution in [2.45, 2.75) is 65.4 Å². The van der Waals surface area contributed by atoms with Crippen LogP contribution in [0.25, 0.3) is 0 Å². The molecule has 0 radical (unpaired) electrons. The molecule has 6 atom stereocenters. The molecule has 0 aromatic rings. The average molecular weight is 390 g/mol. The van der Waals surface area contributed by atoms with Crippen LogP contribution in [-0.2, 0) is 19.1 Å². The molecule has 3 fully saturated rings. The lowest BCUT2D eigenvalue weighted by Crippen LogP contribution is -2.44. The van der Waals surface area contributed by atoms with Crippen LogP contribution in [0.1, 0.15) is 59.3 Å². The number of piperidine rings is 1. The third-order valence-electron chi connectivity index (χ3n) is 7.66. The number of rotatable bonds is 4. The van der Waals surface area contributed by atoms with Crippen molar-refractivity contribution in [3.8, 4) is 0 Å². The Kier molecular flexibility index (Phi) is 5.56. The lowest BCUT2D eigenvalue weighted by Gasteiger charge is -2.46. The number of hydrogen-bond acceptors (Lipinski definition) is 5. The van der Waals surface area contributed by atoms with Crippen molar-refractivity contribution in [1.29, 1.82) is 0 Å². The number of hydrogen-bond donors (Lipinski definition) is 0. The van der Waals surface area contributed by atoms with Gasteiger partial charge in [-0.2, -0.15) is 0 Å². The van der Waals surface area contributed by atoms with Gasteiger partial charge in [0.05, 0.1) is 18.4 Å². The van der Waals surface area contributed by atoms with Crippen molar-refractivity contribution in [3.05, 3.63) is 11.6 Å². The number of esters is 2. The molecule has 0 spiro atoms. The number of carbonyl (C=O) groups is 2. The van der Waals surface area contributed by atoms with Gasteiger partial charge in [-0.3, -0.25) is 9.59 Å². The van der Waals surface area contributed by atoms with Crippen LogP contribution < -0.4 is 0 Å². The summed E-state index contributed by atoms with van der Waals surface area (Å²) in [4.78, 5) is 27.2. The molecule has 4 rings (SSSR count). The van der Waals surface area contributed by atoms with Crippen molar-refractivity contribution >= 4 is 11.9 Å². The summed E-state index contributed by atoms with van der Waals surface area (Å²) in [6, 6.07) is 0. The first-order valence-electron chi connectivity index (χ1n) is 11.2. The van der Waals surface area contributed by atoms with E-state index in [9.17, 15) is 9.59 Å². The highest BCUT2D eigenvalue weighted by Gasteiger charge is 2.52. The highest BCUT2D eigenvalue weighted by atomic mass is 16.6. The maximum atomic E-state index is 12.8. The molecule has 0 amide bonds. The monoisotopic (exact) mass is 389 g/mol. The molecule has 2 aliphatic carbocycles. The Morgan fingerprint density at radius 3 is 2.96 bits per heavy atom. The molecule has 28 heavy (non-hydrogen) atoms. The zero-order valence-electron chi connectivity index (χ0n) is 17.6. The molecular formula is C23H35NO4. The Hall–Kier alpha value is -1.36. The summed E-state index contributed by atoms with van der Waals surface area (Å²) in [7, 11) is 0. The second-order valence-corrected chi connectivity index (χ2v) is 9.69. The predicted molar refractivity (Wildman–Crippen MR) is 106 cm³/mol. The third kappa shape index (κ3) is 3.62. The van der Waals surface area contributed by atoms with E-state index >= 15 is 0 Å². The first-order valence-corrected chi connectivity index (χ1v) is 11.2. The van der Waals surface area contributed by atoms with E-state index in [1.54, 1.807) is 5.57 Å². The summed E-state index contributed by atoms with van der Waals surface area (Å²) in [6.45, 7) is 9.32. The van der Waals surface area contributed by atoms with Crippen LogP contribution in [0.3, 0.4) is 0 Å². The minimum atomic E-state index is -0.0999. The fourth-order valence-electron chi connectivity index (χ4n) is 6.21. The van der Waals surface area contributed by atoms with Gasteiger partial charge in [-0.15, -0.1) is 0 Å². The molecule has 0 N–H and O–H groups in total. The molecule has 0 bridgehead atoms. The lowest BCUT2D eigenvalue weighted by molar-refractivity contribution is -0.150. The molecule has 156 valence electrons. The van der Waals surface area contributed by atoms with Gasteiger partial charge in [0, 0.05) is 19.0 Å². The number of likely N-dealkylation sites (tertiary alicyclic amines) is 1. The number of ether oxygens (including phenoxy) is 2. The van der Waals surface area contributed by atoms with Crippen LogP contribution in [-0.4, -0.2) is 49.2 Å². The molecule has 2 aliphatic heterocycles. The summed E-state index contributed by atoms with van der Waals surface area (Å²) in [5, 5.41) is 0. The van der Waals surface area contributed by atoms with Crippen LogP contribution in [0.2, 0.25) is 0 Å². The first-order chi connectivity index (χ1) is 13.4. The summed E-state index contributed by atoms with van der Waals surface area (Å²) in [5.74, 6) is 0.509. The van der Waals surface area contributed by atoms with E-state index < -0.39 is 0 Å². The van der Waals surface area contributed by atoms with Crippen LogP contribution in [0.15, 0.2) is 11.6 Å². The largest absolute Gasteiger partial charge is 0.466 e. The molecule has 4 aliphatic rings. The average Bonchev–Trinajstić information content (AvgIpc) is 2.94. The quantitative estimate of drug-likeness (QED) is 0.543. The number of nitrogens with zero attached hydrogens (tertiary/aromatic N) is 1. The second kappa shape index (κ2) is 7.81. The van der Waals surface area contributed by atoms with Gasteiger partial charge in [-0.25, -0.2) is 0 Å². The van der Waals surface area contributed by atoms with Crippen molar-refractivity contribution in [3.63, 3.8) is 0 Å². The van der Waals surface area contributed by atoms with Crippen molar-refractivity contribution in [2.75, 3.05) is 26.2 Å². The minimum Gasteiger partial charge on any atom is -0.466 e. The van der Waals surface area contributed by atoms with Crippen LogP contribution in [0.4, 0.5) is 0 Å². The summed E-state index contributed by atoms with van der Waals surface area (Å²) in [6.07, 6.45) is 9.02. The molecule has 2 saturated heterocycles. The molecular weight excluding hydrogens is 354 g/mol. The Bertz CT molecular complexity index is 659. The summed E-state index contributed by atoms with van der Waals surface area (Å²) >= 11 is 0. The highest BCUT2D eigenvalue weighted by Crippen LogP contribution is 2.54. The Morgan fingerprint density at radius 1 is 1.36 bits per heavy atom. The minimum absolute atomic E-state index is 0.0298. The van der Waals surface area contributed by atoms with Gasteiger partial charge in [0.15, 0.2) is 0 Å². The number of carbonyl (C=O) groups excluding carboxylic acids is 2. The van der Waals surface area contributed by atoms with Gasteiger partial charge >= 0.3 is 11.9 Å². The number of allylic oxidation sites excluding steroid dienone is 1. The predicted octanol–water partition coefficient (Wildman–Crippen LogP) is 3.58. The van der Waals surface area contributed by atoms with E-state index in [4.69, 9.17) is 9.47 Å². The fourth-order valence-corrected chi connectivity index (χ4v) is 6.21.